The van der Waals surface area contributed by atoms with Crippen LogP contribution in [0.3, 0.4) is 0 Å². The maximum atomic E-state index is 12.9. The molecular weight excluding hydrogens is 386 g/mol. The van der Waals surface area contributed by atoms with E-state index in [4.69, 9.17) is 15.2 Å². The Kier molecular flexibility index (Phi) is 5.74. The molecule has 30 heavy (non-hydrogen) atoms. The number of nitriles is 1. The lowest BCUT2D eigenvalue weighted by Gasteiger charge is -2.36. The molecule has 0 aliphatic carbocycles. The van der Waals surface area contributed by atoms with Crippen LogP contribution in [0.4, 0.5) is 5.69 Å². The van der Waals surface area contributed by atoms with E-state index in [2.05, 4.69) is 0 Å². The van der Waals surface area contributed by atoms with E-state index in [-0.39, 0.29) is 34.1 Å². The smallest absolute Gasteiger partial charge is 0.355 e. The minimum Gasteiger partial charge on any atom is -0.506 e. The summed E-state index contributed by atoms with van der Waals surface area (Å²) >= 11 is 0. The van der Waals surface area contributed by atoms with Crippen molar-refractivity contribution in [3.8, 4) is 11.8 Å². The number of phenolic OH excluding ortho intramolecular Hbond substituents is 1. The summed E-state index contributed by atoms with van der Waals surface area (Å²) in [5, 5.41) is 20.3. The van der Waals surface area contributed by atoms with E-state index < -0.39 is 17.9 Å². The molecular formula is C22H19N3O5. The van der Waals surface area contributed by atoms with Gasteiger partial charge in [-0.25, -0.2) is 9.59 Å². The summed E-state index contributed by atoms with van der Waals surface area (Å²) in [6, 6.07) is 16.8. The number of phenols is 1. The van der Waals surface area contributed by atoms with Crippen LogP contribution in [0.25, 0.3) is 0 Å². The second-order valence-electron chi connectivity index (χ2n) is 6.32. The monoisotopic (exact) mass is 405 g/mol. The number of allylic oxidation sites excluding steroid dienone is 1. The highest BCUT2D eigenvalue weighted by molar-refractivity contribution is 6.06. The van der Waals surface area contributed by atoms with Gasteiger partial charge in [0.25, 0.3) is 0 Å². The van der Waals surface area contributed by atoms with Crippen molar-refractivity contribution in [2.24, 2.45) is 5.73 Å². The number of rotatable bonds is 4. The summed E-state index contributed by atoms with van der Waals surface area (Å²) in [7, 11) is 2.33. The van der Waals surface area contributed by atoms with Crippen LogP contribution in [0.5, 0.6) is 5.75 Å². The summed E-state index contributed by atoms with van der Waals surface area (Å²) in [4.78, 5) is 26.8. The van der Waals surface area contributed by atoms with Gasteiger partial charge >= 0.3 is 11.9 Å². The van der Waals surface area contributed by atoms with Gasteiger partial charge in [-0.15, -0.1) is 0 Å². The predicted molar refractivity (Wildman–Crippen MR) is 108 cm³/mol. The molecule has 0 saturated carbocycles. The number of para-hydroxylation sites is 2. The molecule has 0 fully saturated rings. The number of aromatic hydroxyl groups is 1. The van der Waals surface area contributed by atoms with Gasteiger partial charge in [0.2, 0.25) is 0 Å². The molecule has 1 heterocycles. The van der Waals surface area contributed by atoms with Crippen molar-refractivity contribution in [1.82, 2.24) is 0 Å². The molecule has 8 nitrogen and oxygen atoms in total. The topological polar surface area (TPSA) is 126 Å². The number of esters is 2. The lowest BCUT2D eigenvalue weighted by molar-refractivity contribution is -0.139. The first kappa shape index (κ1) is 20.5. The van der Waals surface area contributed by atoms with E-state index in [0.717, 1.165) is 12.0 Å². The number of nitrogens with zero attached hydrogens (tertiary/aromatic N) is 2. The molecule has 3 rings (SSSR count). The van der Waals surface area contributed by atoms with Crippen LogP contribution >= 0.6 is 0 Å². The highest BCUT2D eigenvalue weighted by Gasteiger charge is 2.43. The minimum atomic E-state index is -0.958. The third-order valence-electron chi connectivity index (χ3n) is 4.73. The lowest BCUT2D eigenvalue weighted by atomic mass is 9.81. The van der Waals surface area contributed by atoms with Gasteiger partial charge in [0.05, 0.1) is 43.0 Å². The summed E-state index contributed by atoms with van der Waals surface area (Å²) in [5.74, 6) is -2.98. The van der Waals surface area contributed by atoms with Crippen LogP contribution < -0.4 is 10.6 Å². The van der Waals surface area contributed by atoms with Crippen molar-refractivity contribution in [2.75, 3.05) is 19.1 Å². The van der Waals surface area contributed by atoms with E-state index >= 15 is 0 Å². The minimum absolute atomic E-state index is 0.0255. The van der Waals surface area contributed by atoms with Crippen molar-refractivity contribution >= 4 is 17.6 Å². The van der Waals surface area contributed by atoms with Crippen molar-refractivity contribution in [2.45, 2.75) is 5.92 Å². The summed E-state index contributed by atoms with van der Waals surface area (Å²) in [6.45, 7) is 0. The molecule has 0 saturated heterocycles. The van der Waals surface area contributed by atoms with E-state index in [1.807, 2.05) is 6.07 Å². The van der Waals surface area contributed by atoms with Crippen LogP contribution in [-0.2, 0) is 19.1 Å². The largest absolute Gasteiger partial charge is 0.506 e. The molecule has 0 aromatic heterocycles. The average molecular weight is 405 g/mol. The number of nitrogens with two attached hydrogens (primary N) is 1. The van der Waals surface area contributed by atoms with Crippen LogP contribution in [-0.4, -0.2) is 31.3 Å². The number of hydrogen-bond acceptors (Lipinski definition) is 8. The summed E-state index contributed by atoms with van der Waals surface area (Å²) in [6.07, 6.45) is 0. The Hall–Kier alpha value is -4.25. The highest BCUT2D eigenvalue weighted by Crippen LogP contribution is 2.44. The SMILES string of the molecule is COC(=O)C1=C(C(=O)OC)N(c2ccccc2O)C(N)=C(C#N)C1c1ccccc1. The first-order chi connectivity index (χ1) is 14.5. The quantitative estimate of drug-likeness (QED) is 0.742. The van der Waals surface area contributed by atoms with Gasteiger partial charge in [0.15, 0.2) is 0 Å². The fraction of sp³-hybridized carbons (Fsp3) is 0.136. The zero-order valence-electron chi connectivity index (χ0n) is 16.3. The zero-order valence-corrected chi connectivity index (χ0v) is 16.3. The fourth-order valence-electron chi connectivity index (χ4n) is 3.42. The predicted octanol–water partition coefficient (Wildman–Crippen LogP) is 2.29. The van der Waals surface area contributed by atoms with E-state index in [9.17, 15) is 20.0 Å². The number of carbonyl (C=O) groups is 2. The van der Waals surface area contributed by atoms with E-state index in [1.54, 1.807) is 42.5 Å². The fourth-order valence-corrected chi connectivity index (χ4v) is 3.42. The molecule has 2 aromatic rings. The number of hydrogen-bond donors (Lipinski definition) is 2. The van der Waals surface area contributed by atoms with Crippen LogP contribution in [0.1, 0.15) is 11.5 Å². The van der Waals surface area contributed by atoms with Crippen molar-refractivity contribution in [3.63, 3.8) is 0 Å². The number of methoxy groups -OCH3 is 2. The molecule has 1 atom stereocenters. The molecule has 0 spiro atoms. The molecule has 1 aliphatic heterocycles. The van der Waals surface area contributed by atoms with E-state index in [1.165, 1.54) is 19.2 Å². The first-order valence-corrected chi connectivity index (χ1v) is 8.89. The third-order valence-corrected chi connectivity index (χ3v) is 4.73. The van der Waals surface area contributed by atoms with Gasteiger partial charge < -0.3 is 20.3 Å². The first-order valence-electron chi connectivity index (χ1n) is 8.89. The normalized spacial score (nSPS) is 16.2. The van der Waals surface area contributed by atoms with Crippen molar-refractivity contribution in [1.29, 1.82) is 5.26 Å². The number of ether oxygens (including phenoxy) is 2. The maximum Gasteiger partial charge on any atom is 0.355 e. The van der Waals surface area contributed by atoms with Crippen LogP contribution in [0, 0.1) is 11.3 Å². The van der Waals surface area contributed by atoms with Gasteiger partial charge in [-0.1, -0.05) is 42.5 Å². The lowest BCUT2D eigenvalue weighted by Crippen LogP contribution is -2.40. The summed E-state index contributed by atoms with van der Waals surface area (Å²) in [5.41, 5.74) is 6.67. The average Bonchev–Trinajstić information content (AvgIpc) is 2.78. The zero-order chi connectivity index (χ0) is 21.8. The van der Waals surface area contributed by atoms with E-state index in [0.29, 0.717) is 5.56 Å². The van der Waals surface area contributed by atoms with Crippen molar-refractivity contribution in [3.05, 3.63) is 82.8 Å². The number of carbonyl (C=O) groups excluding carboxylic acids is 2. The Bertz CT molecular complexity index is 1100. The van der Waals surface area contributed by atoms with Gasteiger partial charge in [-0.05, 0) is 17.7 Å². The Morgan fingerprint density at radius 1 is 1.03 bits per heavy atom. The molecule has 0 bridgehead atoms. The standard InChI is InChI=1S/C22H19N3O5/c1-29-21(27)18-17(13-8-4-3-5-9-13)14(12-23)20(24)25(19(18)22(28)30-2)15-10-6-7-11-16(15)26/h3-11,17,26H,24H2,1-2H3. The molecule has 8 heteroatoms. The molecule has 1 unspecified atom stereocenters. The highest BCUT2D eigenvalue weighted by atomic mass is 16.5. The van der Waals surface area contributed by atoms with Gasteiger partial charge in [-0.2, -0.15) is 5.26 Å². The Balaban J connectivity index is 2.43. The Labute approximate surface area is 173 Å². The Morgan fingerprint density at radius 2 is 1.63 bits per heavy atom. The van der Waals surface area contributed by atoms with Gasteiger partial charge in [0.1, 0.15) is 17.3 Å². The molecule has 2 aromatic carbocycles. The third kappa shape index (κ3) is 3.33. The molecule has 1 aliphatic rings. The molecule has 3 N–H and O–H groups in total. The molecule has 152 valence electrons. The number of benzene rings is 2. The maximum absolute atomic E-state index is 12.9. The summed E-state index contributed by atoms with van der Waals surface area (Å²) < 4.78 is 9.86. The van der Waals surface area contributed by atoms with Crippen molar-refractivity contribution < 1.29 is 24.2 Å². The Morgan fingerprint density at radius 3 is 2.20 bits per heavy atom. The second-order valence-corrected chi connectivity index (χ2v) is 6.32. The van der Waals surface area contributed by atoms with Crippen LogP contribution in [0.15, 0.2) is 77.3 Å². The molecule has 0 radical (unpaired) electrons. The number of anilines is 1. The van der Waals surface area contributed by atoms with Gasteiger partial charge in [-0.3, -0.25) is 4.90 Å². The van der Waals surface area contributed by atoms with Gasteiger partial charge in [0, 0.05) is 0 Å². The van der Waals surface area contributed by atoms with Crippen LogP contribution in [0.2, 0.25) is 0 Å². The molecule has 0 amide bonds. The second kappa shape index (κ2) is 8.41.